The molecule has 0 heterocycles. The van der Waals surface area contributed by atoms with E-state index >= 15 is 0 Å². The van der Waals surface area contributed by atoms with Crippen LogP contribution in [0.4, 0.5) is 5.69 Å². The predicted octanol–water partition coefficient (Wildman–Crippen LogP) is 4.83. The first-order valence-electron chi connectivity index (χ1n) is 11.1. The number of rotatable bonds is 6. The number of nitro groups is 1. The highest BCUT2D eigenvalue weighted by Crippen LogP contribution is 2.67. The molecule has 0 bridgehead atoms. The number of carbonyl (C=O) groups is 1. The van der Waals surface area contributed by atoms with Crippen LogP contribution in [0.25, 0.3) is 0 Å². The average Bonchev–Trinajstić information content (AvgIpc) is 3.22. The van der Waals surface area contributed by atoms with Crippen LogP contribution in [0.3, 0.4) is 0 Å². The number of carbonyl (C=O) groups excluding carboxylic acids is 1. The number of esters is 1. The Morgan fingerprint density at radius 3 is 2.67 bits per heavy atom. The summed E-state index contributed by atoms with van der Waals surface area (Å²) >= 11 is 1.47. The molecular formula is C23H31NO5S. The number of nitro benzene ring substituents is 1. The molecule has 1 unspecified atom stereocenters. The van der Waals surface area contributed by atoms with Crippen molar-refractivity contribution in [3.63, 3.8) is 0 Å². The largest absolute Gasteiger partial charge is 0.465 e. The van der Waals surface area contributed by atoms with Crippen molar-refractivity contribution in [2.24, 2.45) is 29.1 Å². The van der Waals surface area contributed by atoms with Crippen molar-refractivity contribution in [3.8, 4) is 0 Å². The highest BCUT2D eigenvalue weighted by Gasteiger charge is 2.62. The van der Waals surface area contributed by atoms with E-state index < -0.39 is 4.92 Å². The van der Waals surface area contributed by atoms with Gasteiger partial charge in [-0.15, -0.1) is 11.8 Å². The number of ether oxygens (including phenoxy) is 1. The summed E-state index contributed by atoms with van der Waals surface area (Å²) in [6, 6.07) is 6.43. The summed E-state index contributed by atoms with van der Waals surface area (Å²) in [5.41, 5.74) is 0.205. The third-order valence-electron chi connectivity index (χ3n) is 8.02. The number of aliphatic hydroxyl groups is 1. The van der Waals surface area contributed by atoms with Gasteiger partial charge in [-0.1, -0.05) is 13.3 Å². The summed E-state index contributed by atoms with van der Waals surface area (Å²) in [6.45, 7) is 4.44. The van der Waals surface area contributed by atoms with E-state index in [0.717, 1.165) is 43.4 Å². The number of non-ortho nitro benzene ring substituents is 1. The van der Waals surface area contributed by atoms with Gasteiger partial charge in [-0.05, 0) is 80.2 Å². The van der Waals surface area contributed by atoms with Gasteiger partial charge in [-0.2, -0.15) is 0 Å². The van der Waals surface area contributed by atoms with Gasteiger partial charge in [0.25, 0.3) is 5.69 Å². The molecule has 1 aromatic rings. The van der Waals surface area contributed by atoms with Crippen LogP contribution in [0.15, 0.2) is 29.2 Å². The molecule has 4 rings (SSSR count). The van der Waals surface area contributed by atoms with Gasteiger partial charge in [-0.3, -0.25) is 14.9 Å². The molecule has 3 fully saturated rings. The van der Waals surface area contributed by atoms with E-state index in [1.807, 2.05) is 6.92 Å². The molecular weight excluding hydrogens is 402 g/mol. The van der Waals surface area contributed by atoms with E-state index in [-0.39, 0.29) is 34.3 Å². The Hall–Kier alpha value is -1.60. The van der Waals surface area contributed by atoms with E-state index in [9.17, 15) is 20.0 Å². The van der Waals surface area contributed by atoms with Crippen LogP contribution < -0.4 is 0 Å². The van der Waals surface area contributed by atoms with Crippen molar-refractivity contribution in [2.75, 3.05) is 6.61 Å². The van der Waals surface area contributed by atoms with Crippen LogP contribution in [-0.2, 0) is 9.53 Å². The molecule has 0 radical (unpaired) electrons. The molecule has 3 saturated carbocycles. The average molecular weight is 434 g/mol. The summed E-state index contributed by atoms with van der Waals surface area (Å²) in [7, 11) is 0. The molecule has 3 aliphatic carbocycles. The van der Waals surface area contributed by atoms with Crippen molar-refractivity contribution in [3.05, 3.63) is 34.4 Å². The van der Waals surface area contributed by atoms with Gasteiger partial charge in [0.05, 0.1) is 17.6 Å². The van der Waals surface area contributed by atoms with Gasteiger partial charge < -0.3 is 9.84 Å². The zero-order chi connectivity index (χ0) is 21.5. The van der Waals surface area contributed by atoms with Crippen molar-refractivity contribution in [1.29, 1.82) is 0 Å². The second kappa shape index (κ2) is 8.50. The minimum absolute atomic E-state index is 0.0497. The van der Waals surface area contributed by atoms with Gasteiger partial charge in [0.1, 0.15) is 5.25 Å². The Morgan fingerprint density at radius 2 is 2.00 bits per heavy atom. The molecule has 0 saturated heterocycles. The van der Waals surface area contributed by atoms with E-state index in [0.29, 0.717) is 24.4 Å². The van der Waals surface area contributed by atoms with Crippen molar-refractivity contribution in [1.82, 2.24) is 0 Å². The molecule has 0 aromatic heterocycles. The van der Waals surface area contributed by atoms with E-state index in [2.05, 4.69) is 6.92 Å². The van der Waals surface area contributed by atoms with E-state index in [1.54, 1.807) is 12.1 Å². The fourth-order valence-corrected chi connectivity index (χ4v) is 8.09. The molecule has 1 aromatic carbocycles. The molecule has 30 heavy (non-hydrogen) atoms. The minimum Gasteiger partial charge on any atom is -0.465 e. The first kappa shape index (κ1) is 21.6. The zero-order valence-electron chi connectivity index (χ0n) is 17.7. The monoisotopic (exact) mass is 433 g/mol. The third kappa shape index (κ3) is 3.64. The van der Waals surface area contributed by atoms with Crippen LogP contribution in [0, 0.1) is 39.2 Å². The summed E-state index contributed by atoms with van der Waals surface area (Å²) < 4.78 is 5.46. The predicted molar refractivity (Wildman–Crippen MR) is 115 cm³/mol. The molecule has 0 aliphatic heterocycles. The Kier molecular flexibility index (Phi) is 6.13. The van der Waals surface area contributed by atoms with E-state index in [1.165, 1.54) is 23.9 Å². The molecule has 1 N–H and O–H groups in total. The van der Waals surface area contributed by atoms with Crippen LogP contribution >= 0.6 is 11.8 Å². The fourth-order valence-electron chi connectivity index (χ4n) is 6.82. The van der Waals surface area contributed by atoms with Crippen LogP contribution in [0.1, 0.15) is 52.4 Å². The molecule has 164 valence electrons. The lowest BCUT2D eigenvalue weighted by Gasteiger charge is -2.43. The zero-order valence-corrected chi connectivity index (χ0v) is 18.5. The second-order valence-corrected chi connectivity index (χ2v) is 10.5. The Labute approximate surface area is 181 Å². The minimum atomic E-state index is -0.412. The molecule has 7 heteroatoms. The molecule has 6 nitrogen and oxygen atoms in total. The highest BCUT2D eigenvalue weighted by molar-refractivity contribution is 8.00. The Bertz CT molecular complexity index is 799. The standard InChI is InChI=1S/C23H31NO5S/c1-3-29-22(26)21(30-16-8-6-15(7-9-16)24(27)28)17-13-23-12-4-5-20(25)19(23)11-10-18(23)14(17)2/h6-9,14,17-21,25H,3-5,10-13H2,1-2H3/t14-,17+,18-,19+,20+,21?,23+/m1/s1. The maximum Gasteiger partial charge on any atom is 0.319 e. The van der Waals surface area contributed by atoms with Crippen molar-refractivity contribution >= 4 is 23.4 Å². The number of aliphatic hydroxyl groups excluding tert-OH is 1. The maximum absolute atomic E-state index is 13.0. The van der Waals surface area contributed by atoms with Gasteiger partial charge >= 0.3 is 5.97 Å². The lowest BCUT2D eigenvalue weighted by atomic mass is 9.63. The van der Waals surface area contributed by atoms with Crippen LogP contribution in [-0.4, -0.2) is 34.0 Å². The lowest BCUT2D eigenvalue weighted by Crippen LogP contribution is -2.40. The van der Waals surface area contributed by atoms with Crippen LogP contribution in [0.2, 0.25) is 0 Å². The number of nitrogens with zero attached hydrogens (tertiary/aromatic N) is 1. The number of thioether (sulfide) groups is 1. The molecule has 7 atom stereocenters. The van der Waals surface area contributed by atoms with E-state index in [4.69, 9.17) is 4.74 Å². The summed E-state index contributed by atoms with van der Waals surface area (Å²) in [5, 5.41) is 21.3. The summed E-state index contributed by atoms with van der Waals surface area (Å²) in [6.07, 6.45) is 6.10. The number of hydrogen-bond acceptors (Lipinski definition) is 6. The SMILES string of the molecule is CCOC(=O)C(Sc1ccc([N+](=O)[O-])cc1)[C@H]1C[C@]23CCC[C@H](O)[C@@H]2CC[C@@H]3[C@@H]1C. The highest BCUT2D eigenvalue weighted by atomic mass is 32.2. The van der Waals surface area contributed by atoms with Crippen LogP contribution in [0.5, 0.6) is 0 Å². The van der Waals surface area contributed by atoms with Gasteiger partial charge in [0.15, 0.2) is 0 Å². The summed E-state index contributed by atoms with van der Waals surface area (Å²) in [5.74, 6) is 1.29. The van der Waals surface area contributed by atoms with Gasteiger partial charge in [-0.25, -0.2) is 0 Å². The van der Waals surface area contributed by atoms with Gasteiger partial charge in [0, 0.05) is 17.0 Å². The quantitative estimate of drug-likeness (QED) is 0.299. The Morgan fingerprint density at radius 1 is 1.30 bits per heavy atom. The molecule has 1 spiro atoms. The first-order chi connectivity index (χ1) is 14.4. The second-order valence-electron chi connectivity index (χ2n) is 9.25. The lowest BCUT2D eigenvalue weighted by molar-refractivity contribution is -0.384. The summed E-state index contributed by atoms with van der Waals surface area (Å²) in [4.78, 5) is 24.4. The Balaban J connectivity index is 1.60. The third-order valence-corrected chi connectivity index (χ3v) is 9.36. The molecule has 0 amide bonds. The molecule has 3 aliphatic rings. The topological polar surface area (TPSA) is 89.7 Å². The first-order valence-corrected chi connectivity index (χ1v) is 12.0. The normalized spacial score (nSPS) is 36.0. The smallest absolute Gasteiger partial charge is 0.319 e. The number of benzene rings is 1. The fraction of sp³-hybridized carbons (Fsp3) is 0.696. The number of hydrogen-bond donors (Lipinski definition) is 1. The van der Waals surface area contributed by atoms with Crippen molar-refractivity contribution < 1.29 is 19.6 Å². The van der Waals surface area contributed by atoms with Gasteiger partial charge in [0.2, 0.25) is 0 Å². The van der Waals surface area contributed by atoms with Crippen molar-refractivity contribution in [2.45, 2.75) is 68.6 Å². The maximum atomic E-state index is 13.0.